The van der Waals surface area contributed by atoms with Gasteiger partial charge in [0.2, 0.25) is 0 Å². The number of hydrogen-bond donors (Lipinski definition) is 2. The summed E-state index contributed by atoms with van der Waals surface area (Å²) in [6, 6.07) is 13.7. The summed E-state index contributed by atoms with van der Waals surface area (Å²) in [5.41, 5.74) is 8.38. The summed E-state index contributed by atoms with van der Waals surface area (Å²) in [7, 11) is 0. The SMILES string of the molecule is CC(=Nc1ccccn1)C(=CN)C(=O)Nc1ccc(N2CCC(N3CCOCC3)CC2)c(C#N)c1. The summed E-state index contributed by atoms with van der Waals surface area (Å²) >= 11 is 0. The van der Waals surface area contributed by atoms with Gasteiger partial charge in [-0.15, -0.1) is 0 Å². The molecule has 0 atom stereocenters. The molecule has 2 aliphatic rings. The minimum absolute atomic E-state index is 0.239. The maximum Gasteiger partial charge on any atom is 0.258 e. The normalized spacial score (nSPS) is 18.2. The van der Waals surface area contributed by atoms with E-state index in [1.807, 2.05) is 18.2 Å². The number of piperidine rings is 1. The van der Waals surface area contributed by atoms with Crippen molar-refractivity contribution in [2.45, 2.75) is 25.8 Å². The molecule has 0 aliphatic carbocycles. The molecular weight excluding hydrogens is 442 g/mol. The number of pyridine rings is 1. The Kier molecular flexibility index (Phi) is 8.08. The van der Waals surface area contributed by atoms with E-state index >= 15 is 0 Å². The van der Waals surface area contributed by atoms with Crippen molar-refractivity contribution >= 4 is 28.8 Å². The van der Waals surface area contributed by atoms with Crippen molar-refractivity contribution in [2.75, 3.05) is 49.6 Å². The van der Waals surface area contributed by atoms with E-state index in [9.17, 15) is 10.1 Å². The second-order valence-corrected chi connectivity index (χ2v) is 8.63. The number of carbonyl (C=O) groups excluding carboxylic acids is 1. The number of carbonyl (C=O) groups is 1. The van der Waals surface area contributed by atoms with Crippen molar-refractivity contribution < 1.29 is 9.53 Å². The molecule has 2 aromatic rings. The Morgan fingerprint density at radius 2 is 2.00 bits per heavy atom. The van der Waals surface area contributed by atoms with Gasteiger partial charge in [-0.2, -0.15) is 5.26 Å². The predicted octanol–water partition coefficient (Wildman–Crippen LogP) is 2.83. The first kappa shape index (κ1) is 24.4. The minimum atomic E-state index is -0.396. The Balaban J connectivity index is 1.41. The van der Waals surface area contributed by atoms with Gasteiger partial charge in [0.1, 0.15) is 6.07 Å². The van der Waals surface area contributed by atoms with Crippen LogP contribution in [0.25, 0.3) is 0 Å². The Morgan fingerprint density at radius 1 is 1.23 bits per heavy atom. The smallest absolute Gasteiger partial charge is 0.258 e. The summed E-state index contributed by atoms with van der Waals surface area (Å²) < 4.78 is 5.47. The van der Waals surface area contributed by atoms with Gasteiger partial charge in [0.05, 0.1) is 35.7 Å². The highest BCUT2D eigenvalue weighted by Gasteiger charge is 2.27. The van der Waals surface area contributed by atoms with E-state index in [1.54, 1.807) is 31.3 Å². The maximum absolute atomic E-state index is 12.9. The van der Waals surface area contributed by atoms with Gasteiger partial charge in [0, 0.05) is 50.3 Å². The van der Waals surface area contributed by atoms with Crippen LogP contribution in [0.3, 0.4) is 0 Å². The molecule has 2 aliphatic heterocycles. The lowest BCUT2D eigenvalue weighted by molar-refractivity contribution is -0.112. The highest BCUT2D eigenvalue weighted by atomic mass is 16.5. The average molecular weight is 474 g/mol. The summed E-state index contributed by atoms with van der Waals surface area (Å²) in [5.74, 6) is 0.0957. The highest BCUT2D eigenvalue weighted by Crippen LogP contribution is 2.28. The van der Waals surface area contributed by atoms with Crippen LogP contribution in [0.2, 0.25) is 0 Å². The molecule has 0 bridgehead atoms. The number of hydrogen-bond acceptors (Lipinski definition) is 8. The standard InChI is InChI=1S/C26H31N7O2/c1-19(30-25-4-2-3-9-29-25)23(18-28)26(34)31-21-5-6-24(20(16-21)17-27)33-10-7-22(8-11-33)32-12-14-35-15-13-32/h2-6,9,16,18,22H,7-8,10-15,28H2,1H3,(H,31,34). The first-order valence-corrected chi connectivity index (χ1v) is 11.9. The summed E-state index contributed by atoms with van der Waals surface area (Å²) in [5, 5.41) is 12.6. The summed E-state index contributed by atoms with van der Waals surface area (Å²) in [6.07, 6.45) is 4.98. The fourth-order valence-corrected chi connectivity index (χ4v) is 4.60. The summed E-state index contributed by atoms with van der Waals surface area (Å²) in [6.45, 7) is 7.10. The number of amides is 1. The van der Waals surface area contributed by atoms with Gasteiger partial charge in [0.25, 0.3) is 5.91 Å². The zero-order valence-electron chi connectivity index (χ0n) is 20.0. The lowest BCUT2D eigenvalue weighted by atomic mass is 10.0. The first-order chi connectivity index (χ1) is 17.1. The molecular formula is C26H31N7O2. The topological polar surface area (TPSA) is 120 Å². The van der Waals surface area contributed by atoms with Crippen LogP contribution in [0, 0.1) is 11.3 Å². The van der Waals surface area contributed by atoms with Crippen LogP contribution in [-0.4, -0.2) is 66.9 Å². The third-order valence-electron chi connectivity index (χ3n) is 6.47. The largest absolute Gasteiger partial charge is 0.404 e. The number of nitriles is 1. The molecule has 1 amide bonds. The number of rotatable bonds is 6. The average Bonchev–Trinajstić information content (AvgIpc) is 2.90. The Morgan fingerprint density at radius 3 is 2.66 bits per heavy atom. The highest BCUT2D eigenvalue weighted by molar-refractivity contribution is 6.25. The molecule has 0 unspecified atom stereocenters. The van der Waals surface area contributed by atoms with E-state index in [1.165, 1.54) is 6.20 Å². The molecule has 1 aromatic carbocycles. The third-order valence-corrected chi connectivity index (χ3v) is 6.47. The van der Waals surface area contributed by atoms with E-state index in [-0.39, 0.29) is 5.57 Å². The molecule has 3 heterocycles. The van der Waals surface area contributed by atoms with Crippen LogP contribution in [0.15, 0.2) is 59.4 Å². The summed E-state index contributed by atoms with van der Waals surface area (Å²) in [4.78, 5) is 26.2. The zero-order chi connectivity index (χ0) is 24.6. The second-order valence-electron chi connectivity index (χ2n) is 8.63. The molecule has 0 spiro atoms. The molecule has 3 N–H and O–H groups in total. The monoisotopic (exact) mass is 473 g/mol. The van der Waals surface area contributed by atoms with Crippen molar-refractivity contribution in [3.8, 4) is 6.07 Å². The molecule has 0 radical (unpaired) electrons. The van der Waals surface area contributed by atoms with Crippen LogP contribution >= 0.6 is 0 Å². The van der Waals surface area contributed by atoms with Crippen LogP contribution in [0.1, 0.15) is 25.3 Å². The number of ether oxygens (including phenoxy) is 1. The van der Waals surface area contributed by atoms with Crippen molar-refractivity contribution in [2.24, 2.45) is 10.7 Å². The van der Waals surface area contributed by atoms with Crippen molar-refractivity contribution in [1.82, 2.24) is 9.88 Å². The van der Waals surface area contributed by atoms with Crippen LogP contribution in [0.5, 0.6) is 0 Å². The van der Waals surface area contributed by atoms with E-state index in [0.717, 1.165) is 57.9 Å². The number of anilines is 2. The van der Waals surface area contributed by atoms with Crippen molar-refractivity contribution in [3.63, 3.8) is 0 Å². The van der Waals surface area contributed by atoms with E-state index < -0.39 is 5.91 Å². The number of benzene rings is 1. The van der Waals surface area contributed by atoms with Gasteiger partial charge >= 0.3 is 0 Å². The predicted molar refractivity (Wildman–Crippen MR) is 137 cm³/mol. The number of aliphatic imine (C=N–C) groups is 1. The minimum Gasteiger partial charge on any atom is -0.404 e. The van der Waals surface area contributed by atoms with Crippen LogP contribution in [-0.2, 0) is 9.53 Å². The fraction of sp³-hybridized carbons (Fsp3) is 0.385. The van der Waals surface area contributed by atoms with Gasteiger partial charge in [0.15, 0.2) is 5.82 Å². The molecule has 182 valence electrons. The van der Waals surface area contributed by atoms with Crippen molar-refractivity contribution in [1.29, 1.82) is 5.26 Å². The van der Waals surface area contributed by atoms with E-state index in [0.29, 0.717) is 28.8 Å². The zero-order valence-corrected chi connectivity index (χ0v) is 20.0. The van der Waals surface area contributed by atoms with E-state index in [4.69, 9.17) is 10.5 Å². The molecule has 2 fully saturated rings. The number of morpholine rings is 1. The Bertz CT molecular complexity index is 1130. The second kappa shape index (κ2) is 11.6. The Hall–Kier alpha value is -3.74. The van der Waals surface area contributed by atoms with E-state index in [2.05, 4.69) is 31.2 Å². The molecule has 1 aromatic heterocycles. The first-order valence-electron chi connectivity index (χ1n) is 11.9. The lowest BCUT2D eigenvalue weighted by Gasteiger charge is -2.41. The fourth-order valence-electron chi connectivity index (χ4n) is 4.60. The molecule has 35 heavy (non-hydrogen) atoms. The van der Waals surface area contributed by atoms with Crippen LogP contribution < -0.4 is 16.0 Å². The number of nitrogens with zero attached hydrogens (tertiary/aromatic N) is 5. The molecule has 9 nitrogen and oxygen atoms in total. The van der Waals surface area contributed by atoms with Gasteiger partial charge in [-0.05, 0) is 50.1 Å². The van der Waals surface area contributed by atoms with Gasteiger partial charge in [-0.1, -0.05) is 6.07 Å². The molecule has 0 saturated carbocycles. The van der Waals surface area contributed by atoms with Gasteiger partial charge in [-0.25, -0.2) is 9.98 Å². The van der Waals surface area contributed by atoms with Gasteiger partial charge in [-0.3, -0.25) is 9.69 Å². The number of aromatic nitrogens is 1. The lowest BCUT2D eigenvalue weighted by Crippen LogP contribution is -2.49. The Labute approximate surface area is 205 Å². The molecule has 2 saturated heterocycles. The molecule has 9 heteroatoms. The number of nitrogens with one attached hydrogen (secondary N) is 1. The molecule has 4 rings (SSSR count). The van der Waals surface area contributed by atoms with Crippen molar-refractivity contribution in [3.05, 3.63) is 59.9 Å². The van der Waals surface area contributed by atoms with Crippen LogP contribution in [0.4, 0.5) is 17.2 Å². The van der Waals surface area contributed by atoms with Gasteiger partial charge < -0.3 is 20.7 Å². The third kappa shape index (κ3) is 6.04. The number of nitrogens with two attached hydrogens (primary N) is 1. The quantitative estimate of drug-likeness (QED) is 0.489. The maximum atomic E-state index is 12.9.